The first kappa shape index (κ1) is 22.5. The first-order valence-electron chi connectivity index (χ1n) is 10.4. The van der Waals surface area contributed by atoms with Gasteiger partial charge in [-0.25, -0.2) is 0 Å². The molecule has 1 atom stereocenters. The number of morpholine rings is 1. The van der Waals surface area contributed by atoms with E-state index in [0.29, 0.717) is 0 Å². The minimum absolute atomic E-state index is 0.247. The van der Waals surface area contributed by atoms with Gasteiger partial charge in [0.2, 0.25) is 0 Å². The monoisotopic (exact) mass is 428 g/mol. The molecule has 0 aliphatic carbocycles. The lowest BCUT2D eigenvalue weighted by Gasteiger charge is -2.35. The van der Waals surface area contributed by atoms with Gasteiger partial charge in [-0.3, -0.25) is 9.89 Å². The topological polar surface area (TPSA) is 58.1 Å². The van der Waals surface area contributed by atoms with E-state index in [1.807, 2.05) is 37.0 Å². The van der Waals surface area contributed by atoms with Crippen LogP contribution in [0.4, 0.5) is 0 Å². The Morgan fingerprint density at radius 1 is 1.10 bits per heavy atom. The van der Waals surface area contributed by atoms with Gasteiger partial charge in [0.25, 0.3) is 0 Å². The molecule has 1 aliphatic rings. The number of nitrogens with one attached hydrogen (secondary N) is 2. The lowest BCUT2D eigenvalue weighted by atomic mass is 10.0. The van der Waals surface area contributed by atoms with Gasteiger partial charge in [-0.05, 0) is 29.8 Å². The molecule has 2 aromatic carbocycles. The second-order valence-electron chi connectivity index (χ2n) is 6.98. The number of hydrogen-bond acceptors (Lipinski definition) is 5. The van der Waals surface area contributed by atoms with Crippen molar-refractivity contribution in [2.45, 2.75) is 10.9 Å². The van der Waals surface area contributed by atoms with Crippen molar-refractivity contribution < 1.29 is 9.47 Å². The van der Waals surface area contributed by atoms with E-state index in [4.69, 9.17) is 9.47 Å². The van der Waals surface area contributed by atoms with Gasteiger partial charge in [0.15, 0.2) is 5.96 Å². The van der Waals surface area contributed by atoms with Gasteiger partial charge in [-0.1, -0.05) is 30.3 Å². The molecule has 0 amide bonds. The van der Waals surface area contributed by atoms with Crippen molar-refractivity contribution in [3.63, 3.8) is 0 Å². The fraction of sp³-hybridized carbons (Fsp3) is 0.435. The summed E-state index contributed by atoms with van der Waals surface area (Å²) in [7, 11) is 3.51. The lowest BCUT2D eigenvalue weighted by Crippen LogP contribution is -2.46. The van der Waals surface area contributed by atoms with Crippen LogP contribution < -0.4 is 15.4 Å². The quantitative estimate of drug-likeness (QED) is 0.277. The van der Waals surface area contributed by atoms with Crippen molar-refractivity contribution >= 4 is 17.7 Å². The Bertz CT molecular complexity index is 765. The average molecular weight is 429 g/mol. The number of aliphatic imine (C=N–C) groups is 1. The van der Waals surface area contributed by atoms with Gasteiger partial charge >= 0.3 is 0 Å². The zero-order chi connectivity index (χ0) is 21.0. The van der Waals surface area contributed by atoms with E-state index in [1.165, 1.54) is 10.5 Å². The zero-order valence-electron chi connectivity index (χ0n) is 17.8. The van der Waals surface area contributed by atoms with Gasteiger partial charge in [-0.15, -0.1) is 11.8 Å². The number of guanidine groups is 1. The van der Waals surface area contributed by atoms with Gasteiger partial charge < -0.3 is 20.1 Å². The van der Waals surface area contributed by atoms with E-state index in [9.17, 15) is 0 Å². The third-order valence-electron chi connectivity index (χ3n) is 5.08. The lowest BCUT2D eigenvalue weighted by molar-refractivity contribution is 0.0170. The Morgan fingerprint density at radius 2 is 1.83 bits per heavy atom. The maximum absolute atomic E-state index is 5.55. The molecule has 30 heavy (non-hydrogen) atoms. The fourth-order valence-corrected chi connectivity index (χ4v) is 4.23. The molecule has 0 saturated carbocycles. The van der Waals surface area contributed by atoms with Crippen LogP contribution in [0.1, 0.15) is 11.6 Å². The van der Waals surface area contributed by atoms with Crippen LogP contribution in [0, 0.1) is 0 Å². The van der Waals surface area contributed by atoms with E-state index in [0.717, 1.165) is 56.9 Å². The van der Waals surface area contributed by atoms with Crippen LogP contribution in [0.25, 0.3) is 0 Å². The molecule has 1 saturated heterocycles. The molecule has 2 N–H and O–H groups in total. The molecule has 0 radical (unpaired) electrons. The number of hydrogen-bond donors (Lipinski definition) is 2. The van der Waals surface area contributed by atoms with E-state index in [-0.39, 0.29) is 6.04 Å². The predicted molar refractivity (Wildman–Crippen MR) is 125 cm³/mol. The van der Waals surface area contributed by atoms with Crippen molar-refractivity contribution in [2.24, 2.45) is 4.99 Å². The second-order valence-corrected chi connectivity index (χ2v) is 8.15. The Morgan fingerprint density at radius 3 is 2.50 bits per heavy atom. The van der Waals surface area contributed by atoms with Gasteiger partial charge in [-0.2, -0.15) is 0 Å². The maximum atomic E-state index is 5.55. The zero-order valence-corrected chi connectivity index (χ0v) is 18.7. The van der Waals surface area contributed by atoms with Crippen LogP contribution in [0.15, 0.2) is 64.5 Å². The van der Waals surface area contributed by atoms with E-state index in [1.54, 1.807) is 7.11 Å². The van der Waals surface area contributed by atoms with Crippen molar-refractivity contribution in [3.05, 3.63) is 60.2 Å². The molecule has 0 bridgehead atoms. The summed E-state index contributed by atoms with van der Waals surface area (Å²) in [6.07, 6.45) is 0. The SMILES string of the molecule is CN=C(NCCSc1ccccc1)NCC(c1ccc(OC)cc1)N1CCOCC1. The summed E-state index contributed by atoms with van der Waals surface area (Å²) < 4.78 is 10.9. The third-order valence-corrected chi connectivity index (χ3v) is 6.09. The minimum atomic E-state index is 0.247. The van der Waals surface area contributed by atoms with E-state index in [2.05, 4.69) is 56.9 Å². The number of rotatable bonds is 9. The molecule has 1 fully saturated rings. The van der Waals surface area contributed by atoms with Crippen LogP contribution in [0.2, 0.25) is 0 Å². The van der Waals surface area contributed by atoms with E-state index >= 15 is 0 Å². The first-order chi connectivity index (χ1) is 14.8. The molecule has 7 heteroatoms. The normalized spacial score (nSPS) is 16.1. The van der Waals surface area contributed by atoms with Gasteiger partial charge in [0.1, 0.15) is 5.75 Å². The highest BCUT2D eigenvalue weighted by Gasteiger charge is 2.23. The summed E-state index contributed by atoms with van der Waals surface area (Å²) in [5, 5.41) is 6.93. The molecule has 0 spiro atoms. The number of benzene rings is 2. The largest absolute Gasteiger partial charge is 0.497 e. The highest BCUT2D eigenvalue weighted by Crippen LogP contribution is 2.23. The highest BCUT2D eigenvalue weighted by molar-refractivity contribution is 7.99. The molecule has 162 valence electrons. The molecular weight excluding hydrogens is 396 g/mol. The molecule has 6 nitrogen and oxygen atoms in total. The second kappa shape index (κ2) is 12.5. The van der Waals surface area contributed by atoms with Gasteiger partial charge in [0, 0.05) is 43.9 Å². The van der Waals surface area contributed by atoms with Crippen molar-refractivity contribution in [1.29, 1.82) is 0 Å². The summed E-state index contributed by atoms with van der Waals surface area (Å²) in [4.78, 5) is 8.15. The number of ether oxygens (including phenoxy) is 2. The van der Waals surface area contributed by atoms with Crippen LogP contribution in [-0.4, -0.2) is 70.2 Å². The van der Waals surface area contributed by atoms with Crippen molar-refractivity contribution in [1.82, 2.24) is 15.5 Å². The summed E-state index contributed by atoms with van der Waals surface area (Å²) >= 11 is 1.84. The standard InChI is InChI=1S/C23H32N4O2S/c1-24-23(25-12-17-30-21-6-4-3-5-7-21)26-18-22(27-13-15-29-16-14-27)19-8-10-20(28-2)11-9-19/h3-11,22H,12-18H2,1-2H3,(H2,24,25,26). The summed E-state index contributed by atoms with van der Waals surface area (Å²) in [6.45, 7) is 5.03. The van der Waals surface area contributed by atoms with Crippen LogP contribution in [0.3, 0.4) is 0 Å². The highest BCUT2D eigenvalue weighted by atomic mass is 32.2. The molecule has 2 aromatic rings. The Balaban J connectivity index is 1.53. The van der Waals surface area contributed by atoms with Crippen LogP contribution in [0.5, 0.6) is 5.75 Å². The third kappa shape index (κ3) is 6.93. The minimum Gasteiger partial charge on any atom is -0.497 e. The summed E-state index contributed by atoms with van der Waals surface area (Å²) in [5.74, 6) is 2.69. The maximum Gasteiger partial charge on any atom is 0.191 e. The molecule has 0 aromatic heterocycles. The average Bonchev–Trinajstić information content (AvgIpc) is 2.82. The Hall–Kier alpha value is -2.22. The molecule has 1 unspecified atom stereocenters. The van der Waals surface area contributed by atoms with Crippen LogP contribution in [-0.2, 0) is 4.74 Å². The summed E-state index contributed by atoms with van der Waals surface area (Å²) in [5.41, 5.74) is 1.26. The van der Waals surface area contributed by atoms with E-state index < -0.39 is 0 Å². The van der Waals surface area contributed by atoms with Gasteiger partial charge in [0.05, 0.1) is 26.4 Å². The molecular formula is C23H32N4O2S. The number of thioether (sulfide) groups is 1. The first-order valence-corrected chi connectivity index (χ1v) is 11.4. The number of methoxy groups -OCH3 is 1. The van der Waals surface area contributed by atoms with Crippen molar-refractivity contribution in [2.75, 3.05) is 59.3 Å². The van der Waals surface area contributed by atoms with Crippen molar-refractivity contribution in [3.8, 4) is 5.75 Å². The predicted octanol–water partition coefficient (Wildman–Crippen LogP) is 3.03. The molecule has 1 heterocycles. The Kier molecular flexibility index (Phi) is 9.34. The smallest absolute Gasteiger partial charge is 0.191 e. The van der Waals surface area contributed by atoms with Crippen LogP contribution >= 0.6 is 11.8 Å². The molecule has 3 rings (SSSR count). The molecule has 1 aliphatic heterocycles. The summed E-state index contributed by atoms with van der Waals surface area (Å²) in [6, 6.07) is 19.1. The Labute approximate surface area is 184 Å². The fourth-order valence-electron chi connectivity index (χ4n) is 3.44. The number of nitrogens with zero attached hydrogens (tertiary/aromatic N) is 2.